The van der Waals surface area contributed by atoms with Crippen LogP contribution in [-0.2, 0) is 22.4 Å². The van der Waals surface area contributed by atoms with E-state index >= 15 is 0 Å². The number of fused-ring (bicyclic) bond motifs is 4. The molecule has 0 saturated heterocycles. The molecule has 2 heterocycles. The van der Waals surface area contributed by atoms with Gasteiger partial charge in [0.1, 0.15) is 12.4 Å². The molecule has 0 saturated carbocycles. The van der Waals surface area contributed by atoms with Crippen molar-refractivity contribution in [1.82, 2.24) is 15.2 Å². The van der Waals surface area contributed by atoms with Gasteiger partial charge in [0, 0.05) is 22.8 Å². The zero-order chi connectivity index (χ0) is 23.8. The SMILES string of the molecule is COc1cc2c(cc1OC)CC(=O)N(CC(=O)NC1CCCc3c1[nH]c1ccc(F)cc31)C=C2. The second kappa shape index (κ2) is 8.85. The van der Waals surface area contributed by atoms with Gasteiger partial charge in [-0.3, -0.25) is 9.59 Å². The Morgan fingerprint density at radius 2 is 2.00 bits per heavy atom. The molecule has 176 valence electrons. The normalized spacial score (nSPS) is 17.2. The lowest BCUT2D eigenvalue weighted by Crippen LogP contribution is -2.40. The molecule has 7 nitrogen and oxygen atoms in total. The van der Waals surface area contributed by atoms with Crippen LogP contribution < -0.4 is 14.8 Å². The third-order valence-electron chi connectivity index (χ3n) is 6.56. The van der Waals surface area contributed by atoms with E-state index in [0.29, 0.717) is 11.5 Å². The highest BCUT2D eigenvalue weighted by Crippen LogP contribution is 2.35. The molecular weight excluding hydrogens is 437 g/mol. The average Bonchev–Trinajstić information content (AvgIpc) is 3.13. The fraction of sp³-hybridized carbons (Fsp3) is 0.308. The predicted octanol–water partition coefficient (Wildman–Crippen LogP) is 3.87. The number of methoxy groups -OCH3 is 2. The zero-order valence-corrected chi connectivity index (χ0v) is 19.1. The smallest absolute Gasteiger partial charge is 0.240 e. The summed E-state index contributed by atoms with van der Waals surface area (Å²) in [4.78, 5) is 30.6. The van der Waals surface area contributed by atoms with Crippen LogP contribution in [0.4, 0.5) is 4.39 Å². The summed E-state index contributed by atoms with van der Waals surface area (Å²) in [6.07, 6.45) is 6.10. The molecule has 3 aromatic rings. The van der Waals surface area contributed by atoms with Crippen LogP contribution in [0.3, 0.4) is 0 Å². The number of hydrogen-bond donors (Lipinski definition) is 2. The molecule has 34 heavy (non-hydrogen) atoms. The Balaban J connectivity index is 1.32. The van der Waals surface area contributed by atoms with Crippen molar-refractivity contribution in [3.05, 3.63) is 64.7 Å². The Labute approximate surface area is 196 Å². The lowest BCUT2D eigenvalue weighted by molar-refractivity contribution is -0.133. The lowest BCUT2D eigenvalue weighted by Gasteiger charge is -2.25. The topological polar surface area (TPSA) is 83.7 Å². The van der Waals surface area contributed by atoms with Crippen molar-refractivity contribution in [1.29, 1.82) is 0 Å². The van der Waals surface area contributed by atoms with E-state index in [0.717, 1.165) is 52.5 Å². The number of halogens is 1. The summed E-state index contributed by atoms with van der Waals surface area (Å²) in [5.74, 6) is 0.434. The average molecular weight is 464 g/mol. The summed E-state index contributed by atoms with van der Waals surface area (Å²) in [5, 5.41) is 3.93. The first-order chi connectivity index (χ1) is 16.5. The first-order valence-electron chi connectivity index (χ1n) is 11.3. The van der Waals surface area contributed by atoms with Crippen LogP contribution in [0.1, 0.15) is 41.3 Å². The van der Waals surface area contributed by atoms with Crippen molar-refractivity contribution in [3.63, 3.8) is 0 Å². The molecule has 0 fully saturated rings. The molecular formula is C26H26FN3O4. The summed E-state index contributed by atoms with van der Waals surface area (Å²) in [7, 11) is 3.11. The number of nitrogens with one attached hydrogen (secondary N) is 2. The summed E-state index contributed by atoms with van der Waals surface area (Å²) in [6, 6.07) is 8.11. The van der Waals surface area contributed by atoms with E-state index in [1.54, 1.807) is 38.6 Å². The second-order valence-corrected chi connectivity index (χ2v) is 8.64. The number of nitrogens with zero attached hydrogens (tertiary/aromatic N) is 1. The van der Waals surface area contributed by atoms with Gasteiger partial charge in [0.2, 0.25) is 11.8 Å². The summed E-state index contributed by atoms with van der Waals surface area (Å²) in [5.41, 5.74) is 4.49. The van der Waals surface area contributed by atoms with Gasteiger partial charge in [-0.2, -0.15) is 0 Å². The Hall–Kier alpha value is -3.81. The number of carbonyl (C=O) groups is 2. The van der Waals surface area contributed by atoms with Gasteiger partial charge in [0.15, 0.2) is 11.5 Å². The number of rotatable bonds is 5. The van der Waals surface area contributed by atoms with Crippen molar-refractivity contribution in [3.8, 4) is 11.5 Å². The minimum atomic E-state index is -0.275. The number of aromatic amines is 1. The Bertz CT molecular complexity index is 1310. The lowest BCUT2D eigenvalue weighted by atomic mass is 9.91. The first kappa shape index (κ1) is 22.0. The van der Waals surface area contributed by atoms with Crippen LogP contribution in [-0.4, -0.2) is 42.5 Å². The van der Waals surface area contributed by atoms with Gasteiger partial charge in [-0.15, -0.1) is 0 Å². The van der Waals surface area contributed by atoms with Crippen LogP contribution in [0.15, 0.2) is 36.5 Å². The quantitative estimate of drug-likeness (QED) is 0.602. The Morgan fingerprint density at radius 3 is 2.79 bits per heavy atom. The van der Waals surface area contributed by atoms with Gasteiger partial charge in [-0.05, 0) is 72.4 Å². The third-order valence-corrected chi connectivity index (χ3v) is 6.56. The first-order valence-corrected chi connectivity index (χ1v) is 11.3. The highest BCUT2D eigenvalue weighted by Gasteiger charge is 2.27. The number of ether oxygens (including phenoxy) is 2. The maximum Gasteiger partial charge on any atom is 0.240 e. The molecule has 2 amide bonds. The predicted molar refractivity (Wildman–Crippen MR) is 126 cm³/mol. The molecule has 1 aliphatic carbocycles. The fourth-order valence-electron chi connectivity index (χ4n) is 4.88. The number of carbonyl (C=O) groups excluding carboxylic acids is 2. The Kier molecular flexibility index (Phi) is 5.73. The van der Waals surface area contributed by atoms with E-state index in [-0.39, 0.29) is 36.6 Å². The van der Waals surface area contributed by atoms with Gasteiger partial charge in [0.25, 0.3) is 0 Å². The van der Waals surface area contributed by atoms with Gasteiger partial charge >= 0.3 is 0 Å². The molecule has 1 aliphatic heterocycles. The molecule has 1 aromatic heterocycles. The molecule has 1 atom stereocenters. The van der Waals surface area contributed by atoms with E-state index < -0.39 is 0 Å². The molecule has 2 aromatic carbocycles. The van der Waals surface area contributed by atoms with Crippen LogP contribution in [0.2, 0.25) is 0 Å². The highest BCUT2D eigenvalue weighted by molar-refractivity contribution is 5.90. The van der Waals surface area contributed by atoms with E-state index in [1.807, 2.05) is 6.07 Å². The van der Waals surface area contributed by atoms with Crippen LogP contribution in [0.5, 0.6) is 11.5 Å². The van der Waals surface area contributed by atoms with Crippen molar-refractivity contribution < 1.29 is 23.5 Å². The molecule has 0 bridgehead atoms. The maximum absolute atomic E-state index is 13.8. The zero-order valence-electron chi connectivity index (χ0n) is 19.1. The molecule has 0 radical (unpaired) electrons. The summed E-state index contributed by atoms with van der Waals surface area (Å²) < 4.78 is 24.5. The summed E-state index contributed by atoms with van der Waals surface area (Å²) in [6.45, 7) is -0.0850. The van der Waals surface area contributed by atoms with Crippen LogP contribution >= 0.6 is 0 Å². The molecule has 1 unspecified atom stereocenters. The number of H-pyrrole nitrogens is 1. The number of benzene rings is 2. The van der Waals surface area contributed by atoms with Crippen LogP contribution in [0, 0.1) is 5.82 Å². The maximum atomic E-state index is 13.8. The van der Waals surface area contributed by atoms with E-state index in [9.17, 15) is 14.0 Å². The third kappa shape index (κ3) is 4.00. The van der Waals surface area contributed by atoms with Crippen LogP contribution in [0.25, 0.3) is 17.0 Å². The molecule has 0 spiro atoms. The van der Waals surface area contributed by atoms with Crippen molar-refractivity contribution in [2.75, 3.05) is 20.8 Å². The number of aromatic nitrogens is 1. The second-order valence-electron chi connectivity index (χ2n) is 8.64. The van der Waals surface area contributed by atoms with Gasteiger partial charge in [-0.25, -0.2) is 4.39 Å². The van der Waals surface area contributed by atoms with E-state index in [4.69, 9.17) is 9.47 Å². The Morgan fingerprint density at radius 1 is 1.21 bits per heavy atom. The van der Waals surface area contributed by atoms with Gasteiger partial charge in [0.05, 0.1) is 26.7 Å². The number of aryl methyl sites for hydroxylation is 1. The van der Waals surface area contributed by atoms with E-state index in [1.165, 1.54) is 17.0 Å². The van der Waals surface area contributed by atoms with Gasteiger partial charge in [-0.1, -0.05) is 0 Å². The monoisotopic (exact) mass is 463 g/mol. The molecule has 2 aliphatic rings. The van der Waals surface area contributed by atoms with Gasteiger partial charge < -0.3 is 24.7 Å². The van der Waals surface area contributed by atoms with Crippen molar-refractivity contribution in [2.24, 2.45) is 0 Å². The van der Waals surface area contributed by atoms with E-state index in [2.05, 4.69) is 10.3 Å². The number of amides is 2. The minimum absolute atomic E-state index is 0.0850. The standard InChI is InChI=1S/C26H26FN3O4/c1-33-22-10-15-8-9-30(25(32)12-16(15)11-23(22)34-2)14-24(31)28-21-5-3-4-18-19-13-17(27)6-7-20(19)29-26(18)21/h6-11,13,21,29H,3-5,12,14H2,1-2H3,(H,28,31). The van der Waals surface area contributed by atoms with Crippen molar-refractivity contribution >= 4 is 28.8 Å². The molecule has 5 rings (SSSR count). The van der Waals surface area contributed by atoms with Crippen molar-refractivity contribution in [2.45, 2.75) is 31.7 Å². The minimum Gasteiger partial charge on any atom is -0.493 e. The highest BCUT2D eigenvalue weighted by atomic mass is 19.1. The molecule has 8 heteroatoms. The fourth-order valence-corrected chi connectivity index (χ4v) is 4.88. The largest absolute Gasteiger partial charge is 0.493 e. The summed E-state index contributed by atoms with van der Waals surface area (Å²) >= 11 is 0. The number of hydrogen-bond acceptors (Lipinski definition) is 4. The molecule has 2 N–H and O–H groups in total.